The Morgan fingerprint density at radius 3 is 2.64 bits per heavy atom. The van der Waals surface area contributed by atoms with Gasteiger partial charge in [-0.2, -0.15) is 0 Å². The van der Waals surface area contributed by atoms with Crippen LogP contribution in [-0.2, 0) is 15.2 Å². The molecule has 0 amide bonds. The molecule has 1 aromatic rings. The van der Waals surface area contributed by atoms with Gasteiger partial charge >= 0.3 is 0 Å². The molecule has 1 aromatic carbocycles. The van der Waals surface area contributed by atoms with Crippen LogP contribution in [0.2, 0.25) is 0 Å². The van der Waals surface area contributed by atoms with E-state index in [0.717, 1.165) is 18.3 Å². The Morgan fingerprint density at radius 2 is 2.05 bits per heavy atom. The Bertz CT molecular complexity index is 582. The van der Waals surface area contributed by atoms with Crippen LogP contribution in [0.3, 0.4) is 0 Å². The quantitative estimate of drug-likeness (QED) is 0.869. The van der Waals surface area contributed by atoms with Crippen molar-refractivity contribution < 1.29 is 14.7 Å². The topological polar surface area (TPSA) is 54.4 Å². The van der Waals surface area contributed by atoms with Crippen LogP contribution in [-0.4, -0.2) is 17.2 Å². The minimum Gasteiger partial charge on any atom is -0.385 e. The van der Waals surface area contributed by atoms with Gasteiger partial charge in [0.1, 0.15) is 12.1 Å². The number of carbonyl (C=O) groups is 2. The Labute approximate surface area is 131 Å². The fourth-order valence-corrected chi connectivity index (χ4v) is 5.04. The second-order valence-electron chi connectivity index (χ2n) is 7.44. The summed E-state index contributed by atoms with van der Waals surface area (Å²) in [5.74, 6) is 0.562. The van der Waals surface area contributed by atoms with Crippen molar-refractivity contribution in [2.45, 2.75) is 45.1 Å². The summed E-state index contributed by atoms with van der Waals surface area (Å²) in [4.78, 5) is 23.6. The molecule has 2 aliphatic rings. The van der Waals surface area contributed by atoms with E-state index in [1.807, 2.05) is 30.3 Å². The highest BCUT2D eigenvalue weighted by molar-refractivity contribution is 5.77. The van der Waals surface area contributed by atoms with Crippen LogP contribution in [0.15, 0.2) is 30.3 Å². The summed E-state index contributed by atoms with van der Waals surface area (Å²) in [6.45, 7) is 3.71. The van der Waals surface area contributed by atoms with Crippen molar-refractivity contribution in [3.63, 3.8) is 0 Å². The molecule has 0 aromatic heterocycles. The van der Waals surface area contributed by atoms with Crippen LogP contribution in [0, 0.1) is 23.2 Å². The predicted octanol–water partition coefficient (Wildman–Crippen LogP) is 3.10. The van der Waals surface area contributed by atoms with E-state index in [1.165, 1.54) is 0 Å². The summed E-state index contributed by atoms with van der Waals surface area (Å²) in [5, 5.41) is 11.4. The number of Topliss-reactive ketones (excluding diaryl/α,β-unsaturated/α-hetero) is 1. The van der Waals surface area contributed by atoms with Crippen molar-refractivity contribution in [3.8, 4) is 0 Å². The summed E-state index contributed by atoms with van der Waals surface area (Å²) < 4.78 is 0. The van der Waals surface area contributed by atoms with Crippen LogP contribution in [0.25, 0.3) is 0 Å². The SMILES string of the molecule is CC(=O)CC1C(C)CC2CC1(C=O)CC2(O)c1ccccc1. The van der Waals surface area contributed by atoms with Crippen LogP contribution in [0.5, 0.6) is 0 Å². The molecule has 0 radical (unpaired) electrons. The molecule has 118 valence electrons. The van der Waals surface area contributed by atoms with E-state index >= 15 is 0 Å². The summed E-state index contributed by atoms with van der Waals surface area (Å²) in [5.41, 5.74) is -0.597. The number of hydrogen-bond acceptors (Lipinski definition) is 3. The largest absolute Gasteiger partial charge is 0.385 e. The Balaban J connectivity index is 2.01. The molecule has 3 heteroatoms. The maximum Gasteiger partial charge on any atom is 0.130 e. The van der Waals surface area contributed by atoms with E-state index in [0.29, 0.717) is 19.3 Å². The Kier molecular flexibility index (Phi) is 3.72. The van der Waals surface area contributed by atoms with Crippen molar-refractivity contribution >= 4 is 12.1 Å². The van der Waals surface area contributed by atoms with E-state index < -0.39 is 11.0 Å². The molecule has 1 N–H and O–H groups in total. The number of carbonyl (C=O) groups excluding carboxylic acids is 2. The van der Waals surface area contributed by atoms with Crippen LogP contribution >= 0.6 is 0 Å². The summed E-state index contributed by atoms with van der Waals surface area (Å²) in [6.07, 6.45) is 3.49. The zero-order chi connectivity index (χ0) is 16.0. The Morgan fingerprint density at radius 1 is 1.36 bits per heavy atom. The van der Waals surface area contributed by atoms with Gasteiger partial charge in [0.15, 0.2) is 0 Å². The molecule has 5 atom stereocenters. The van der Waals surface area contributed by atoms with Crippen molar-refractivity contribution in [3.05, 3.63) is 35.9 Å². The highest BCUT2D eigenvalue weighted by atomic mass is 16.3. The predicted molar refractivity (Wildman–Crippen MR) is 84.1 cm³/mol. The smallest absolute Gasteiger partial charge is 0.130 e. The highest BCUT2D eigenvalue weighted by Gasteiger charge is 2.61. The number of aldehydes is 1. The number of aliphatic hydroxyl groups is 1. The van der Waals surface area contributed by atoms with E-state index in [9.17, 15) is 14.7 Å². The van der Waals surface area contributed by atoms with Crippen LogP contribution in [0.1, 0.15) is 45.1 Å². The van der Waals surface area contributed by atoms with Gasteiger partial charge < -0.3 is 14.7 Å². The number of fused-ring (bicyclic) bond motifs is 2. The molecule has 22 heavy (non-hydrogen) atoms. The molecular weight excluding hydrogens is 276 g/mol. The molecule has 0 spiro atoms. The summed E-state index contributed by atoms with van der Waals surface area (Å²) in [6, 6.07) is 9.69. The number of ketones is 1. The van der Waals surface area contributed by atoms with Gasteiger partial charge in [0.25, 0.3) is 0 Å². The van der Waals surface area contributed by atoms with Crippen molar-refractivity contribution in [2.75, 3.05) is 0 Å². The molecule has 0 saturated heterocycles. The molecule has 5 unspecified atom stereocenters. The van der Waals surface area contributed by atoms with Gasteiger partial charge in [-0.25, -0.2) is 0 Å². The third-order valence-electron chi connectivity index (χ3n) is 6.00. The lowest BCUT2D eigenvalue weighted by atomic mass is 9.62. The van der Waals surface area contributed by atoms with E-state index in [-0.39, 0.29) is 23.5 Å². The first-order valence-corrected chi connectivity index (χ1v) is 8.15. The molecule has 3 rings (SSSR count). The van der Waals surface area contributed by atoms with Gasteiger partial charge in [0, 0.05) is 11.8 Å². The zero-order valence-corrected chi connectivity index (χ0v) is 13.3. The van der Waals surface area contributed by atoms with Gasteiger partial charge in [-0.3, -0.25) is 0 Å². The molecule has 2 fully saturated rings. The van der Waals surface area contributed by atoms with E-state index in [4.69, 9.17) is 0 Å². The maximum absolute atomic E-state index is 12.0. The van der Waals surface area contributed by atoms with Gasteiger partial charge in [0.05, 0.1) is 5.60 Å². The zero-order valence-electron chi connectivity index (χ0n) is 13.3. The third-order valence-corrected chi connectivity index (χ3v) is 6.00. The minimum atomic E-state index is -0.942. The lowest BCUT2D eigenvalue weighted by Crippen LogP contribution is -2.39. The first-order valence-electron chi connectivity index (χ1n) is 8.15. The van der Waals surface area contributed by atoms with Gasteiger partial charge in [-0.1, -0.05) is 37.3 Å². The monoisotopic (exact) mass is 300 g/mol. The van der Waals surface area contributed by atoms with Crippen molar-refractivity contribution in [1.29, 1.82) is 0 Å². The van der Waals surface area contributed by atoms with Gasteiger partial charge in [0.2, 0.25) is 0 Å². The molecule has 2 saturated carbocycles. The second-order valence-corrected chi connectivity index (χ2v) is 7.44. The van der Waals surface area contributed by atoms with E-state index in [1.54, 1.807) is 6.92 Å². The first kappa shape index (κ1) is 15.4. The number of rotatable bonds is 4. The standard InChI is InChI=1S/C19H24O3/c1-13-8-16-10-18(12-20,17(13)9-14(2)21)11-19(16,22)15-6-4-3-5-7-15/h3-7,12-13,16-17,22H,8-11H2,1-2H3. The molecule has 0 aliphatic heterocycles. The summed E-state index contributed by atoms with van der Waals surface area (Å²) >= 11 is 0. The average Bonchev–Trinajstić information content (AvgIpc) is 2.76. The highest BCUT2D eigenvalue weighted by Crippen LogP contribution is 2.63. The minimum absolute atomic E-state index is 0.0523. The van der Waals surface area contributed by atoms with Crippen LogP contribution < -0.4 is 0 Å². The number of hydrogen-bond donors (Lipinski definition) is 1. The van der Waals surface area contributed by atoms with Gasteiger partial charge in [-0.15, -0.1) is 0 Å². The molecule has 2 bridgehead atoms. The molecule has 2 aliphatic carbocycles. The maximum atomic E-state index is 12.0. The normalized spacial score (nSPS) is 40.4. The molecular formula is C19H24O3. The second kappa shape index (κ2) is 5.31. The Hall–Kier alpha value is -1.48. The van der Waals surface area contributed by atoms with E-state index in [2.05, 4.69) is 6.92 Å². The third kappa shape index (κ3) is 2.23. The molecule has 0 heterocycles. The first-order chi connectivity index (χ1) is 10.4. The van der Waals surface area contributed by atoms with Gasteiger partial charge in [-0.05, 0) is 49.5 Å². The average molecular weight is 300 g/mol. The van der Waals surface area contributed by atoms with Crippen molar-refractivity contribution in [2.24, 2.45) is 23.2 Å². The molecule has 3 nitrogen and oxygen atoms in total. The summed E-state index contributed by atoms with van der Waals surface area (Å²) in [7, 11) is 0. The number of benzene rings is 1. The van der Waals surface area contributed by atoms with Crippen LogP contribution in [0.4, 0.5) is 0 Å². The lowest BCUT2D eigenvalue weighted by molar-refractivity contribution is -0.126. The lowest BCUT2D eigenvalue weighted by Gasteiger charge is -2.40. The fraction of sp³-hybridized carbons (Fsp3) is 0.579. The van der Waals surface area contributed by atoms with Crippen molar-refractivity contribution in [1.82, 2.24) is 0 Å². The fourth-order valence-electron chi connectivity index (χ4n) is 5.04.